The first kappa shape index (κ1) is 24.1. The lowest BCUT2D eigenvalue weighted by atomic mass is 10.1. The molecule has 1 aromatic heterocycles. The molecule has 1 amide bonds. The maximum absolute atomic E-state index is 13.5. The highest BCUT2D eigenvalue weighted by Gasteiger charge is 2.24. The quantitative estimate of drug-likeness (QED) is 0.274. The van der Waals surface area contributed by atoms with Gasteiger partial charge in [-0.3, -0.25) is 4.79 Å². The van der Waals surface area contributed by atoms with Gasteiger partial charge in [0.15, 0.2) is 0 Å². The van der Waals surface area contributed by atoms with Gasteiger partial charge in [-0.1, -0.05) is 60.7 Å². The molecule has 0 spiro atoms. The fraction of sp³-hybridized carbons (Fsp3) is 0.323. The summed E-state index contributed by atoms with van der Waals surface area (Å²) in [6.45, 7) is 5.96. The number of morpholine rings is 1. The van der Waals surface area contributed by atoms with Crippen LogP contribution in [-0.4, -0.2) is 41.7 Å². The van der Waals surface area contributed by atoms with E-state index in [2.05, 4.69) is 66.2 Å². The molecular weight excluding hydrogens is 448 g/mol. The van der Waals surface area contributed by atoms with Gasteiger partial charge >= 0.3 is 0 Å². The summed E-state index contributed by atoms with van der Waals surface area (Å²) >= 11 is 0. The SMILES string of the molecule is Cc1c(OCc2ccccc2)ccc2c(C(=O)N3CCOCC3)cn(CCCCc3ccccc3)c12. The minimum atomic E-state index is 0.0867. The standard InChI is InChI=1S/C31H34N2O3/c1-24-29(36-23-26-13-6-3-7-14-26)16-15-27-28(31(34)32-18-20-35-21-19-32)22-33(30(24)27)17-9-8-12-25-10-4-2-5-11-25/h2-7,10-11,13-16,22H,8-9,12,17-21,23H2,1H3. The Labute approximate surface area is 213 Å². The molecule has 0 N–H and O–H groups in total. The predicted octanol–water partition coefficient (Wildman–Crippen LogP) is 6.02. The van der Waals surface area contributed by atoms with Gasteiger partial charge in [0.25, 0.3) is 5.91 Å². The third-order valence-corrected chi connectivity index (χ3v) is 6.97. The molecule has 0 unspecified atom stereocenters. The number of nitrogens with zero attached hydrogens (tertiary/aromatic N) is 2. The maximum atomic E-state index is 13.5. The number of benzene rings is 3. The van der Waals surface area contributed by atoms with E-state index in [9.17, 15) is 4.79 Å². The Balaban J connectivity index is 1.40. The summed E-state index contributed by atoms with van der Waals surface area (Å²) in [6, 6.07) is 24.9. The fourth-order valence-corrected chi connectivity index (χ4v) is 4.99. The molecule has 5 nitrogen and oxygen atoms in total. The number of hydrogen-bond acceptors (Lipinski definition) is 3. The maximum Gasteiger partial charge on any atom is 0.256 e. The van der Waals surface area contributed by atoms with Gasteiger partial charge in [-0.15, -0.1) is 0 Å². The minimum absolute atomic E-state index is 0.0867. The number of fused-ring (bicyclic) bond motifs is 1. The van der Waals surface area contributed by atoms with Crippen molar-refractivity contribution >= 4 is 16.8 Å². The van der Waals surface area contributed by atoms with Crippen LogP contribution in [-0.2, 0) is 24.3 Å². The summed E-state index contributed by atoms with van der Waals surface area (Å²) in [5.41, 5.74) is 5.44. The Morgan fingerprint density at radius 2 is 1.58 bits per heavy atom. The average Bonchev–Trinajstić information content (AvgIpc) is 3.31. The molecule has 1 saturated heterocycles. The lowest BCUT2D eigenvalue weighted by Gasteiger charge is -2.26. The zero-order chi connectivity index (χ0) is 24.7. The Kier molecular flexibility index (Phi) is 7.67. The summed E-state index contributed by atoms with van der Waals surface area (Å²) in [5, 5.41) is 0.999. The van der Waals surface area contributed by atoms with Crippen LogP contribution in [0.1, 0.15) is 39.9 Å². The van der Waals surface area contributed by atoms with Gasteiger partial charge in [0.1, 0.15) is 12.4 Å². The van der Waals surface area contributed by atoms with E-state index in [4.69, 9.17) is 9.47 Å². The average molecular weight is 483 g/mol. The second-order valence-electron chi connectivity index (χ2n) is 9.44. The zero-order valence-electron chi connectivity index (χ0n) is 21.0. The summed E-state index contributed by atoms with van der Waals surface area (Å²) in [7, 11) is 0. The molecule has 36 heavy (non-hydrogen) atoms. The van der Waals surface area contributed by atoms with Crippen molar-refractivity contribution in [2.24, 2.45) is 0 Å². The lowest BCUT2D eigenvalue weighted by Crippen LogP contribution is -2.40. The van der Waals surface area contributed by atoms with Crippen LogP contribution in [0.15, 0.2) is 79.0 Å². The van der Waals surface area contributed by atoms with Crippen LogP contribution in [0.2, 0.25) is 0 Å². The van der Waals surface area contributed by atoms with Gasteiger partial charge in [-0.25, -0.2) is 0 Å². The molecule has 0 aliphatic carbocycles. The van der Waals surface area contributed by atoms with Crippen LogP contribution >= 0.6 is 0 Å². The van der Waals surface area contributed by atoms with Crippen molar-refractivity contribution in [3.8, 4) is 5.75 Å². The smallest absolute Gasteiger partial charge is 0.256 e. The van der Waals surface area contributed by atoms with E-state index in [1.54, 1.807) is 0 Å². The van der Waals surface area contributed by atoms with Crippen LogP contribution in [0, 0.1) is 6.92 Å². The van der Waals surface area contributed by atoms with Crippen LogP contribution in [0.4, 0.5) is 0 Å². The van der Waals surface area contributed by atoms with Crippen LogP contribution in [0.25, 0.3) is 10.9 Å². The number of ether oxygens (including phenoxy) is 2. The molecule has 0 bridgehead atoms. The monoisotopic (exact) mass is 482 g/mol. The van der Waals surface area contributed by atoms with Crippen molar-refractivity contribution in [2.75, 3.05) is 26.3 Å². The molecule has 5 heteroatoms. The third kappa shape index (κ3) is 5.47. The van der Waals surface area contributed by atoms with E-state index in [0.29, 0.717) is 32.9 Å². The first-order valence-electron chi connectivity index (χ1n) is 12.9. The number of aryl methyl sites for hydroxylation is 3. The van der Waals surface area contributed by atoms with E-state index in [-0.39, 0.29) is 5.91 Å². The Bertz CT molecular complexity index is 1290. The Hall–Kier alpha value is -3.57. The number of unbranched alkanes of at least 4 members (excludes halogenated alkanes) is 1. The van der Waals surface area contributed by atoms with Crippen molar-refractivity contribution in [3.05, 3.63) is 101 Å². The molecule has 0 atom stereocenters. The number of amides is 1. The van der Waals surface area contributed by atoms with E-state index < -0.39 is 0 Å². The molecular formula is C31H34N2O3. The first-order valence-corrected chi connectivity index (χ1v) is 12.9. The summed E-state index contributed by atoms with van der Waals surface area (Å²) in [4.78, 5) is 15.4. The normalized spacial score (nSPS) is 13.8. The Morgan fingerprint density at radius 1 is 0.889 bits per heavy atom. The van der Waals surface area contributed by atoms with Gasteiger partial charge in [0, 0.05) is 36.8 Å². The van der Waals surface area contributed by atoms with Crippen molar-refractivity contribution < 1.29 is 14.3 Å². The summed E-state index contributed by atoms with van der Waals surface area (Å²) < 4.78 is 14.0. The number of aromatic nitrogens is 1. The molecule has 186 valence electrons. The molecule has 2 heterocycles. The van der Waals surface area contributed by atoms with Crippen LogP contribution in [0.3, 0.4) is 0 Å². The van der Waals surface area contributed by atoms with Crippen LogP contribution < -0.4 is 4.74 Å². The third-order valence-electron chi connectivity index (χ3n) is 6.97. The highest BCUT2D eigenvalue weighted by atomic mass is 16.5. The van der Waals surface area contributed by atoms with E-state index >= 15 is 0 Å². The van der Waals surface area contributed by atoms with E-state index in [0.717, 1.165) is 59.2 Å². The van der Waals surface area contributed by atoms with Crippen molar-refractivity contribution in [1.29, 1.82) is 0 Å². The number of carbonyl (C=O) groups excluding carboxylic acids is 1. The zero-order valence-corrected chi connectivity index (χ0v) is 21.0. The molecule has 1 fully saturated rings. The summed E-state index contributed by atoms with van der Waals surface area (Å²) in [5.74, 6) is 0.948. The molecule has 3 aromatic carbocycles. The second-order valence-corrected chi connectivity index (χ2v) is 9.44. The van der Waals surface area contributed by atoms with Crippen molar-refractivity contribution in [2.45, 2.75) is 39.3 Å². The highest BCUT2D eigenvalue weighted by Crippen LogP contribution is 2.32. The van der Waals surface area contributed by atoms with Crippen LogP contribution in [0.5, 0.6) is 5.75 Å². The van der Waals surface area contributed by atoms with E-state index in [1.807, 2.05) is 29.2 Å². The molecule has 1 aliphatic rings. The molecule has 4 aromatic rings. The lowest BCUT2D eigenvalue weighted by molar-refractivity contribution is 0.0304. The topological polar surface area (TPSA) is 43.7 Å². The Morgan fingerprint density at radius 3 is 2.31 bits per heavy atom. The predicted molar refractivity (Wildman–Crippen MR) is 144 cm³/mol. The van der Waals surface area contributed by atoms with Gasteiger partial charge < -0.3 is 18.9 Å². The molecule has 0 radical (unpaired) electrons. The van der Waals surface area contributed by atoms with Crippen molar-refractivity contribution in [3.63, 3.8) is 0 Å². The van der Waals surface area contributed by atoms with Gasteiger partial charge in [-0.2, -0.15) is 0 Å². The van der Waals surface area contributed by atoms with E-state index in [1.165, 1.54) is 5.56 Å². The van der Waals surface area contributed by atoms with Gasteiger partial charge in [-0.05, 0) is 49.4 Å². The molecule has 5 rings (SSSR count). The van der Waals surface area contributed by atoms with Crippen molar-refractivity contribution in [1.82, 2.24) is 9.47 Å². The van der Waals surface area contributed by atoms with Gasteiger partial charge in [0.2, 0.25) is 0 Å². The highest BCUT2D eigenvalue weighted by molar-refractivity contribution is 6.08. The van der Waals surface area contributed by atoms with Gasteiger partial charge in [0.05, 0.1) is 24.3 Å². The first-order chi connectivity index (χ1) is 17.7. The molecule has 0 saturated carbocycles. The molecule has 1 aliphatic heterocycles. The minimum Gasteiger partial charge on any atom is -0.489 e. The largest absolute Gasteiger partial charge is 0.489 e. The number of rotatable bonds is 9. The number of hydrogen-bond donors (Lipinski definition) is 0. The number of carbonyl (C=O) groups is 1. The fourth-order valence-electron chi connectivity index (χ4n) is 4.99. The second kappa shape index (κ2) is 11.4. The summed E-state index contributed by atoms with van der Waals surface area (Å²) in [6.07, 6.45) is 5.25.